The van der Waals surface area contributed by atoms with Crippen LogP contribution in [-0.2, 0) is 5.28 Å². The van der Waals surface area contributed by atoms with Crippen LogP contribution in [0.25, 0.3) is 11.0 Å². The van der Waals surface area contributed by atoms with Crippen LogP contribution in [0.5, 0.6) is 5.75 Å². The van der Waals surface area contributed by atoms with E-state index >= 15 is 0 Å². The zero-order valence-electron chi connectivity index (χ0n) is 7.71. The van der Waals surface area contributed by atoms with Gasteiger partial charge in [-0.1, -0.05) is 5.28 Å². The lowest BCUT2D eigenvalue weighted by atomic mass is 10.1. The van der Waals surface area contributed by atoms with Gasteiger partial charge in [-0.25, -0.2) is 4.98 Å². The van der Waals surface area contributed by atoms with Crippen molar-refractivity contribution in [3.63, 3.8) is 0 Å². The summed E-state index contributed by atoms with van der Waals surface area (Å²) < 4.78 is 0.429. The fourth-order valence-electron chi connectivity index (χ4n) is 1.45. The molecule has 0 spiro atoms. The van der Waals surface area contributed by atoms with Crippen molar-refractivity contribution in [2.24, 2.45) is 0 Å². The molecule has 2 radical (unpaired) electrons. The Labute approximate surface area is 93.0 Å². The number of aromatic nitrogens is 2. The molecule has 2 N–H and O–H groups in total. The van der Waals surface area contributed by atoms with Gasteiger partial charge in [0.15, 0.2) is 5.65 Å². The molecule has 6 heteroatoms. The Kier molecular flexibility index (Phi) is 2.39. The van der Waals surface area contributed by atoms with Gasteiger partial charge in [0.2, 0.25) is 0 Å². The maximum absolute atomic E-state index is 11.2. The Balaban J connectivity index is 3.01. The summed E-state index contributed by atoms with van der Waals surface area (Å²) in [4.78, 5) is 15.0. The van der Waals surface area contributed by atoms with Crippen molar-refractivity contribution >= 4 is 27.3 Å². The number of pyridine rings is 2. The Bertz CT molecular complexity index is 579. The van der Waals surface area contributed by atoms with Gasteiger partial charge in [-0.15, -0.1) is 4.73 Å². The SMILES string of the molecule is O=c1cc(O)c2c([CH2][Al])ccnc2n1O. The molecule has 2 aromatic heterocycles. The van der Waals surface area contributed by atoms with Crippen molar-refractivity contribution in [3.05, 3.63) is 34.2 Å². The van der Waals surface area contributed by atoms with Crippen LogP contribution in [0.15, 0.2) is 23.1 Å². The fourth-order valence-corrected chi connectivity index (χ4v) is 1.79. The van der Waals surface area contributed by atoms with Gasteiger partial charge in [-0.2, -0.15) is 0 Å². The minimum absolute atomic E-state index is 0.0694. The molecule has 0 bridgehead atoms. The summed E-state index contributed by atoms with van der Waals surface area (Å²) >= 11 is 2.51. The van der Waals surface area contributed by atoms with Crippen molar-refractivity contribution < 1.29 is 10.3 Å². The second-order valence-electron chi connectivity index (χ2n) is 3.05. The lowest BCUT2D eigenvalue weighted by Crippen LogP contribution is -2.17. The molecular formula is C9H7AlN2O3. The topological polar surface area (TPSA) is 75.3 Å². The van der Waals surface area contributed by atoms with E-state index in [4.69, 9.17) is 0 Å². The molecule has 0 unspecified atom stereocenters. The van der Waals surface area contributed by atoms with Gasteiger partial charge < -0.3 is 10.3 Å². The van der Waals surface area contributed by atoms with Gasteiger partial charge in [0, 0.05) is 12.3 Å². The van der Waals surface area contributed by atoms with Crippen molar-refractivity contribution in [2.75, 3.05) is 0 Å². The molecule has 0 saturated heterocycles. The first-order chi connectivity index (χ1) is 7.15. The molecule has 2 rings (SSSR count). The second kappa shape index (κ2) is 3.57. The summed E-state index contributed by atoms with van der Waals surface area (Å²) in [5, 5.41) is 20.0. The predicted molar refractivity (Wildman–Crippen MR) is 54.3 cm³/mol. The summed E-state index contributed by atoms with van der Waals surface area (Å²) in [6, 6.07) is 2.69. The standard InChI is InChI=1S/C9H7N2O3.Al/c1-5-2-3-10-9-8(5)6(12)4-7(13)11(9)14;/h2-4,12,14H,1H2;. The molecule has 0 aromatic carbocycles. The molecule has 2 heterocycles. The van der Waals surface area contributed by atoms with Gasteiger partial charge in [-0.05, 0) is 11.6 Å². The van der Waals surface area contributed by atoms with E-state index in [1.807, 2.05) is 0 Å². The third kappa shape index (κ3) is 1.48. The first-order valence-electron chi connectivity index (χ1n) is 4.27. The molecule has 0 atom stereocenters. The smallest absolute Gasteiger partial charge is 0.288 e. The van der Waals surface area contributed by atoms with Gasteiger partial charge in [-0.3, -0.25) is 4.79 Å². The molecule has 2 aromatic rings. The Morgan fingerprint density at radius 2 is 2.27 bits per heavy atom. The highest BCUT2D eigenvalue weighted by Crippen LogP contribution is 2.23. The zero-order valence-corrected chi connectivity index (χ0v) is 8.87. The number of nitrogens with zero attached hydrogens (tertiary/aromatic N) is 2. The molecule has 5 nitrogen and oxygen atoms in total. The van der Waals surface area contributed by atoms with Crippen LogP contribution in [0.2, 0.25) is 0 Å². The summed E-state index contributed by atoms with van der Waals surface area (Å²) in [7, 11) is 0. The van der Waals surface area contributed by atoms with Crippen LogP contribution in [0.1, 0.15) is 5.56 Å². The quantitative estimate of drug-likeness (QED) is 0.522. The molecule has 0 saturated carbocycles. The minimum Gasteiger partial charge on any atom is -0.507 e. The molecule has 74 valence electrons. The van der Waals surface area contributed by atoms with Crippen LogP contribution in [-0.4, -0.2) is 36.3 Å². The normalized spacial score (nSPS) is 10.7. The van der Waals surface area contributed by atoms with Crippen molar-refractivity contribution in [1.29, 1.82) is 0 Å². The third-order valence-electron chi connectivity index (χ3n) is 2.16. The monoisotopic (exact) mass is 218 g/mol. The third-order valence-corrected chi connectivity index (χ3v) is 2.60. The minimum atomic E-state index is -0.701. The lowest BCUT2D eigenvalue weighted by Gasteiger charge is -2.07. The first-order valence-corrected chi connectivity index (χ1v) is 5.08. The highest BCUT2D eigenvalue weighted by Gasteiger charge is 2.10. The number of rotatable bonds is 1. The number of fused-ring (bicyclic) bond motifs is 1. The van der Waals surface area contributed by atoms with Gasteiger partial charge in [0.25, 0.3) is 5.56 Å². The largest absolute Gasteiger partial charge is 0.507 e. The fraction of sp³-hybridized carbons (Fsp3) is 0.111. The summed E-state index contributed by atoms with van der Waals surface area (Å²) in [6.07, 6.45) is 1.48. The maximum atomic E-state index is 11.2. The summed E-state index contributed by atoms with van der Waals surface area (Å²) in [6.45, 7) is 0. The van der Waals surface area contributed by atoms with Crippen LogP contribution < -0.4 is 5.56 Å². The van der Waals surface area contributed by atoms with E-state index in [0.717, 1.165) is 11.6 Å². The second-order valence-corrected chi connectivity index (χ2v) is 3.46. The molecular weight excluding hydrogens is 211 g/mol. The van der Waals surface area contributed by atoms with Gasteiger partial charge in [0.05, 0.1) is 5.39 Å². The van der Waals surface area contributed by atoms with E-state index in [2.05, 4.69) is 21.3 Å². The molecule has 0 fully saturated rings. The Morgan fingerprint density at radius 1 is 1.53 bits per heavy atom. The zero-order chi connectivity index (χ0) is 11.0. The van der Waals surface area contributed by atoms with Crippen LogP contribution in [0.3, 0.4) is 0 Å². The van der Waals surface area contributed by atoms with Gasteiger partial charge in [0.1, 0.15) is 22.0 Å². The van der Waals surface area contributed by atoms with Crippen molar-refractivity contribution in [1.82, 2.24) is 9.71 Å². The molecule has 0 amide bonds. The maximum Gasteiger partial charge on any atom is 0.288 e. The average molecular weight is 218 g/mol. The molecule has 0 aliphatic rings. The van der Waals surface area contributed by atoms with E-state index in [1.54, 1.807) is 6.07 Å². The first kappa shape index (κ1) is 10.0. The Hall–Kier alpha value is -1.51. The highest BCUT2D eigenvalue weighted by atomic mass is 27.0. The molecule has 15 heavy (non-hydrogen) atoms. The van der Waals surface area contributed by atoms with Crippen molar-refractivity contribution in [2.45, 2.75) is 5.28 Å². The average Bonchev–Trinajstić information content (AvgIpc) is 2.25. The summed E-state index contributed by atoms with van der Waals surface area (Å²) in [5.41, 5.74) is 0.165. The van der Waals surface area contributed by atoms with Crippen LogP contribution >= 0.6 is 0 Å². The van der Waals surface area contributed by atoms with E-state index in [0.29, 0.717) is 15.4 Å². The highest BCUT2D eigenvalue weighted by molar-refractivity contribution is 6.09. The van der Waals surface area contributed by atoms with E-state index in [1.165, 1.54) is 6.20 Å². The number of aromatic hydroxyl groups is 1. The summed E-state index contributed by atoms with van der Waals surface area (Å²) in [5.74, 6) is -0.161. The van der Waals surface area contributed by atoms with Crippen LogP contribution in [0, 0.1) is 0 Å². The molecule has 0 aliphatic heterocycles. The lowest BCUT2D eigenvalue weighted by molar-refractivity contribution is 0.186. The molecule has 0 aliphatic carbocycles. The van der Waals surface area contributed by atoms with E-state index in [9.17, 15) is 15.1 Å². The van der Waals surface area contributed by atoms with Crippen molar-refractivity contribution in [3.8, 4) is 5.75 Å². The predicted octanol–water partition coefficient (Wildman–Crippen LogP) is 0.00790. The van der Waals surface area contributed by atoms with E-state index in [-0.39, 0.29) is 11.4 Å². The van der Waals surface area contributed by atoms with Gasteiger partial charge >= 0.3 is 0 Å². The Morgan fingerprint density at radius 3 is 2.93 bits per heavy atom. The van der Waals surface area contributed by atoms with E-state index < -0.39 is 5.56 Å². The number of hydrogen-bond acceptors (Lipinski definition) is 4. The number of hydrogen-bond donors (Lipinski definition) is 2. The van der Waals surface area contributed by atoms with Crippen LogP contribution in [0.4, 0.5) is 0 Å².